The van der Waals surface area contributed by atoms with Crippen molar-refractivity contribution in [3.05, 3.63) is 70.0 Å². The summed E-state index contributed by atoms with van der Waals surface area (Å²) in [6, 6.07) is 12.2. The zero-order valence-electron chi connectivity index (χ0n) is 14.5. The monoisotopic (exact) mass is 385 g/mol. The molecule has 6 heteroatoms. The topological polar surface area (TPSA) is 47.9 Å². The van der Waals surface area contributed by atoms with Crippen LogP contribution in [0.1, 0.15) is 31.2 Å². The molecular weight excluding hydrogens is 369 g/mol. The average molecular weight is 386 g/mol. The number of carbonyl (C=O) groups is 1. The number of hydrogen-bond acceptors (Lipinski definition) is 4. The highest BCUT2D eigenvalue weighted by atomic mass is 35.5. The van der Waals surface area contributed by atoms with Gasteiger partial charge in [-0.2, -0.15) is 0 Å². The van der Waals surface area contributed by atoms with E-state index in [0.29, 0.717) is 30.8 Å². The summed E-state index contributed by atoms with van der Waals surface area (Å²) in [7, 11) is 0. The SMILES string of the molecule is O=C1OC(=Nc2cc(OCc3ccccc3)c(Cl)cc2F)C2=C1CCCC2. The largest absolute Gasteiger partial charge is 0.487 e. The molecule has 4 nitrogen and oxygen atoms in total. The molecule has 4 rings (SSSR count). The summed E-state index contributed by atoms with van der Waals surface area (Å²) in [6.45, 7) is 0.298. The molecule has 0 N–H and O–H groups in total. The maximum absolute atomic E-state index is 14.4. The predicted octanol–water partition coefficient (Wildman–Crippen LogP) is 5.52. The van der Waals surface area contributed by atoms with E-state index in [-0.39, 0.29) is 22.6 Å². The molecule has 0 saturated carbocycles. The molecule has 27 heavy (non-hydrogen) atoms. The average Bonchev–Trinajstić information content (AvgIpc) is 3.00. The van der Waals surface area contributed by atoms with Crippen LogP contribution in [0.4, 0.5) is 10.1 Å². The Labute approximate surface area is 161 Å². The van der Waals surface area contributed by atoms with Crippen LogP contribution >= 0.6 is 11.6 Å². The summed E-state index contributed by atoms with van der Waals surface area (Å²) in [5, 5.41) is 0.161. The van der Waals surface area contributed by atoms with Crippen molar-refractivity contribution >= 4 is 29.2 Å². The Hall–Kier alpha value is -2.66. The Balaban J connectivity index is 1.62. The maximum atomic E-state index is 14.4. The molecule has 2 aromatic rings. The van der Waals surface area contributed by atoms with Gasteiger partial charge >= 0.3 is 5.97 Å². The zero-order chi connectivity index (χ0) is 18.8. The van der Waals surface area contributed by atoms with Gasteiger partial charge in [0, 0.05) is 17.2 Å². The molecule has 0 bridgehead atoms. The van der Waals surface area contributed by atoms with E-state index in [1.165, 1.54) is 6.07 Å². The number of esters is 1. The van der Waals surface area contributed by atoms with Crippen LogP contribution in [0.2, 0.25) is 5.02 Å². The molecule has 1 aliphatic heterocycles. The molecule has 0 saturated heterocycles. The van der Waals surface area contributed by atoms with E-state index < -0.39 is 5.82 Å². The lowest BCUT2D eigenvalue weighted by molar-refractivity contribution is -0.130. The first-order valence-electron chi connectivity index (χ1n) is 8.81. The maximum Gasteiger partial charge on any atom is 0.341 e. The molecule has 2 aliphatic rings. The molecular formula is C21H17ClFNO3. The first kappa shape index (κ1) is 17.7. The van der Waals surface area contributed by atoms with Crippen LogP contribution in [0, 0.1) is 5.82 Å². The molecule has 0 aromatic heterocycles. The second kappa shape index (κ2) is 7.53. The molecule has 0 atom stereocenters. The van der Waals surface area contributed by atoms with Crippen LogP contribution in [0.3, 0.4) is 0 Å². The Morgan fingerprint density at radius 3 is 2.63 bits per heavy atom. The molecule has 0 spiro atoms. The molecule has 0 amide bonds. The molecule has 1 heterocycles. The van der Waals surface area contributed by atoms with Gasteiger partial charge in [-0.15, -0.1) is 0 Å². The summed E-state index contributed by atoms with van der Waals surface area (Å²) in [4.78, 5) is 16.2. The second-order valence-corrected chi connectivity index (χ2v) is 6.89. The minimum atomic E-state index is -0.597. The Morgan fingerprint density at radius 2 is 1.85 bits per heavy atom. The van der Waals surface area contributed by atoms with Crippen molar-refractivity contribution in [3.63, 3.8) is 0 Å². The van der Waals surface area contributed by atoms with Crippen molar-refractivity contribution in [2.75, 3.05) is 0 Å². The van der Waals surface area contributed by atoms with Crippen molar-refractivity contribution < 1.29 is 18.7 Å². The molecule has 2 aromatic carbocycles. The van der Waals surface area contributed by atoms with Crippen LogP contribution < -0.4 is 4.74 Å². The number of cyclic esters (lactones) is 1. The van der Waals surface area contributed by atoms with Crippen LogP contribution in [-0.4, -0.2) is 11.9 Å². The van der Waals surface area contributed by atoms with Crippen LogP contribution in [0.15, 0.2) is 58.6 Å². The fourth-order valence-electron chi connectivity index (χ4n) is 3.23. The third-order valence-corrected chi connectivity index (χ3v) is 4.92. The number of hydrogen-bond donors (Lipinski definition) is 0. The highest BCUT2D eigenvalue weighted by Gasteiger charge is 2.32. The van der Waals surface area contributed by atoms with Gasteiger partial charge in [-0.05, 0) is 37.3 Å². The van der Waals surface area contributed by atoms with Gasteiger partial charge < -0.3 is 9.47 Å². The third kappa shape index (κ3) is 3.74. The minimum absolute atomic E-state index is 0.0320. The number of carbonyl (C=O) groups excluding carboxylic acids is 1. The van der Waals surface area contributed by atoms with E-state index in [1.807, 2.05) is 30.3 Å². The normalized spacial score (nSPS) is 17.9. The zero-order valence-corrected chi connectivity index (χ0v) is 15.3. The Kier molecular flexibility index (Phi) is 4.94. The number of halogens is 2. The van der Waals surface area contributed by atoms with Gasteiger partial charge in [0.05, 0.1) is 5.02 Å². The lowest BCUT2D eigenvalue weighted by atomic mass is 9.93. The van der Waals surface area contributed by atoms with Gasteiger partial charge in [-0.3, -0.25) is 0 Å². The fraction of sp³-hybridized carbons (Fsp3) is 0.238. The smallest absolute Gasteiger partial charge is 0.341 e. The number of rotatable bonds is 4. The van der Waals surface area contributed by atoms with Gasteiger partial charge in [0.1, 0.15) is 18.0 Å². The van der Waals surface area contributed by atoms with E-state index in [1.54, 1.807) is 0 Å². The number of benzene rings is 2. The highest BCUT2D eigenvalue weighted by molar-refractivity contribution is 6.32. The number of ether oxygens (including phenoxy) is 2. The quantitative estimate of drug-likeness (QED) is 0.651. The van der Waals surface area contributed by atoms with Gasteiger partial charge in [0.25, 0.3) is 0 Å². The van der Waals surface area contributed by atoms with Crippen molar-refractivity contribution in [1.29, 1.82) is 0 Å². The van der Waals surface area contributed by atoms with Gasteiger partial charge in [0.2, 0.25) is 5.90 Å². The standard InChI is InChI=1S/C21H17ClFNO3/c22-16-10-17(23)18(11-19(16)26-12-13-6-2-1-3-7-13)24-20-14-8-4-5-9-15(14)21(25)27-20/h1-3,6-7,10-11H,4-5,8-9,12H2. The highest BCUT2D eigenvalue weighted by Crippen LogP contribution is 2.36. The van der Waals surface area contributed by atoms with Crippen LogP contribution in [0.25, 0.3) is 0 Å². The number of aliphatic imine (C=N–C) groups is 1. The van der Waals surface area contributed by atoms with Crippen molar-refractivity contribution in [3.8, 4) is 5.75 Å². The lowest BCUT2D eigenvalue weighted by Crippen LogP contribution is -2.03. The first-order chi connectivity index (χ1) is 13.1. The number of nitrogens with zero attached hydrogens (tertiary/aromatic N) is 1. The van der Waals surface area contributed by atoms with E-state index in [0.717, 1.165) is 30.0 Å². The molecule has 138 valence electrons. The van der Waals surface area contributed by atoms with Gasteiger partial charge in [-0.1, -0.05) is 41.9 Å². The minimum Gasteiger partial charge on any atom is -0.487 e. The summed E-state index contributed by atoms with van der Waals surface area (Å²) in [5.74, 6) is -0.466. The van der Waals surface area contributed by atoms with Crippen molar-refractivity contribution in [2.24, 2.45) is 4.99 Å². The van der Waals surface area contributed by atoms with E-state index in [4.69, 9.17) is 21.1 Å². The predicted molar refractivity (Wildman–Crippen MR) is 101 cm³/mol. The van der Waals surface area contributed by atoms with Gasteiger partial charge in [0.15, 0.2) is 5.82 Å². The third-order valence-electron chi connectivity index (χ3n) is 4.62. The molecule has 0 radical (unpaired) electrons. The molecule has 0 fully saturated rings. The summed E-state index contributed by atoms with van der Waals surface area (Å²) in [6.07, 6.45) is 3.31. The lowest BCUT2D eigenvalue weighted by Gasteiger charge is -2.11. The Bertz CT molecular complexity index is 953. The summed E-state index contributed by atoms with van der Waals surface area (Å²) >= 11 is 6.11. The van der Waals surface area contributed by atoms with E-state index >= 15 is 0 Å². The molecule has 1 aliphatic carbocycles. The van der Waals surface area contributed by atoms with E-state index in [2.05, 4.69) is 4.99 Å². The summed E-state index contributed by atoms with van der Waals surface area (Å²) < 4.78 is 25.4. The fourth-order valence-corrected chi connectivity index (χ4v) is 3.43. The molecule has 0 unspecified atom stereocenters. The van der Waals surface area contributed by atoms with E-state index in [9.17, 15) is 9.18 Å². The van der Waals surface area contributed by atoms with Crippen LogP contribution in [0.5, 0.6) is 5.75 Å². The summed E-state index contributed by atoms with van der Waals surface area (Å²) in [5.41, 5.74) is 2.44. The Morgan fingerprint density at radius 1 is 1.11 bits per heavy atom. The van der Waals surface area contributed by atoms with Gasteiger partial charge in [-0.25, -0.2) is 14.2 Å². The second-order valence-electron chi connectivity index (χ2n) is 6.48. The van der Waals surface area contributed by atoms with Crippen molar-refractivity contribution in [1.82, 2.24) is 0 Å². The van der Waals surface area contributed by atoms with Crippen molar-refractivity contribution in [2.45, 2.75) is 32.3 Å². The first-order valence-corrected chi connectivity index (χ1v) is 9.18. The van der Waals surface area contributed by atoms with Crippen LogP contribution in [-0.2, 0) is 16.1 Å².